The van der Waals surface area contributed by atoms with Crippen molar-refractivity contribution in [2.45, 2.75) is 0 Å². The highest BCUT2D eigenvalue weighted by atomic mass is 35.5. The van der Waals surface area contributed by atoms with Crippen molar-refractivity contribution in [3.05, 3.63) is 77.3 Å². The van der Waals surface area contributed by atoms with Crippen molar-refractivity contribution in [1.82, 2.24) is 10.2 Å². The number of hydrogen-bond donors (Lipinski definition) is 2. The second-order valence-corrected chi connectivity index (χ2v) is 6.73. The van der Waals surface area contributed by atoms with Gasteiger partial charge in [-0.05, 0) is 30.3 Å². The topological polar surface area (TPSA) is 84.3 Å². The number of nitrogens with zero attached hydrogens (tertiary/aromatic N) is 2. The van der Waals surface area contributed by atoms with Crippen LogP contribution in [0.1, 0.15) is 10.4 Å². The summed E-state index contributed by atoms with van der Waals surface area (Å²) in [4.78, 5) is 11.1. The van der Waals surface area contributed by atoms with Crippen LogP contribution in [0.3, 0.4) is 0 Å². The Balaban J connectivity index is 1.80. The van der Waals surface area contributed by atoms with Gasteiger partial charge in [-0.15, -0.1) is 10.2 Å². The van der Waals surface area contributed by atoms with E-state index in [2.05, 4.69) is 15.5 Å². The van der Waals surface area contributed by atoms with Gasteiger partial charge in [0.15, 0.2) is 5.82 Å². The van der Waals surface area contributed by atoms with E-state index in [1.54, 1.807) is 49.6 Å². The molecule has 0 amide bonds. The fraction of sp³-hybridized carbons (Fsp3) is 0.0455. The van der Waals surface area contributed by atoms with Crippen LogP contribution in [-0.4, -0.2) is 28.4 Å². The molecule has 0 aliphatic heterocycles. The van der Waals surface area contributed by atoms with Crippen molar-refractivity contribution in [3.8, 4) is 17.0 Å². The molecule has 0 aliphatic carbocycles. The predicted molar refractivity (Wildman–Crippen MR) is 113 cm³/mol. The minimum absolute atomic E-state index is 0.220. The van der Waals surface area contributed by atoms with E-state index in [-0.39, 0.29) is 5.56 Å². The molecule has 0 unspecified atom stereocenters. The lowest BCUT2D eigenvalue weighted by Gasteiger charge is -2.14. The Hall–Kier alpha value is -3.64. The normalized spacial score (nSPS) is 10.7. The average molecular weight is 406 g/mol. The zero-order valence-corrected chi connectivity index (χ0v) is 16.1. The predicted octanol–water partition coefficient (Wildman–Crippen LogP) is 5.40. The molecule has 4 aromatic rings. The van der Waals surface area contributed by atoms with Gasteiger partial charge in [-0.2, -0.15) is 0 Å². The first-order valence-electron chi connectivity index (χ1n) is 8.76. The minimum atomic E-state index is -0.970. The number of methoxy groups -OCH3 is 1. The van der Waals surface area contributed by atoms with Gasteiger partial charge in [-0.25, -0.2) is 4.79 Å². The molecule has 0 radical (unpaired) electrons. The second-order valence-electron chi connectivity index (χ2n) is 6.29. The summed E-state index contributed by atoms with van der Waals surface area (Å²) >= 11 is 6.13. The van der Waals surface area contributed by atoms with Crippen molar-refractivity contribution in [2.24, 2.45) is 0 Å². The highest BCUT2D eigenvalue weighted by Crippen LogP contribution is 2.34. The molecule has 0 aliphatic rings. The molecule has 2 N–H and O–H groups in total. The Kier molecular flexibility index (Phi) is 5.01. The lowest BCUT2D eigenvalue weighted by atomic mass is 10.0. The van der Waals surface area contributed by atoms with Crippen molar-refractivity contribution in [3.63, 3.8) is 0 Å². The number of rotatable bonds is 5. The number of fused-ring (bicyclic) bond motifs is 1. The Bertz CT molecular complexity index is 1210. The monoisotopic (exact) mass is 405 g/mol. The summed E-state index contributed by atoms with van der Waals surface area (Å²) in [5.41, 5.74) is 2.35. The van der Waals surface area contributed by atoms with Crippen LogP contribution >= 0.6 is 11.6 Å². The van der Waals surface area contributed by atoms with E-state index in [4.69, 9.17) is 21.4 Å². The molecule has 0 bridgehead atoms. The molecule has 0 saturated heterocycles. The van der Waals surface area contributed by atoms with Crippen LogP contribution < -0.4 is 10.1 Å². The van der Waals surface area contributed by atoms with Gasteiger partial charge in [0.1, 0.15) is 11.4 Å². The number of halogens is 1. The SMILES string of the molecule is COc1ccc(Cl)cc1Nc1nnc(-c2ccc(C(=O)O)cc2)c2ccccc12. The molecule has 144 valence electrons. The first kappa shape index (κ1) is 18.7. The molecule has 1 heterocycles. The van der Waals surface area contributed by atoms with E-state index in [1.165, 1.54) is 0 Å². The van der Waals surface area contributed by atoms with Gasteiger partial charge in [0.2, 0.25) is 0 Å². The molecule has 6 nitrogen and oxygen atoms in total. The van der Waals surface area contributed by atoms with E-state index in [1.807, 2.05) is 24.3 Å². The fourth-order valence-electron chi connectivity index (χ4n) is 3.09. The van der Waals surface area contributed by atoms with Crippen molar-refractivity contribution < 1.29 is 14.6 Å². The van der Waals surface area contributed by atoms with Gasteiger partial charge < -0.3 is 15.2 Å². The number of hydrogen-bond acceptors (Lipinski definition) is 5. The van der Waals surface area contributed by atoms with Crippen LogP contribution in [0.25, 0.3) is 22.0 Å². The Labute approximate surface area is 171 Å². The van der Waals surface area contributed by atoms with Gasteiger partial charge >= 0.3 is 5.97 Å². The highest BCUT2D eigenvalue weighted by Gasteiger charge is 2.13. The number of carboxylic acid groups (broad SMARTS) is 1. The maximum atomic E-state index is 11.1. The summed E-state index contributed by atoms with van der Waals surface area (Å²) in [5.74, 6) is 0.225. The minimum Gasteiger partial charge on any atom is -0.495 e. The summed E-state index contributed by atoms with van der Waals surface area (Å²) in [6.45, 7) is 0. The average Bonchev–Trinajstić information content (AvgIpc) is 2.74. The fourth-order valence-corrected chi connectivity index (χ4v) is 3.26. The van der Waals surface area contributed by atoms with E-state index < -0.39 is 5.97 Å². The van der Waals surface area contributed by atoms with Crippen LogP contribution in [0, 0.1) is 0 Å². The number of benzene rings is 3. The highest BCUT2D eigenvalue weighted by molar-refractivity contribution is 6.31. The molecule has 4 rings (SSSR count). The maximum absolute atomic E-state index is 11.1. The summed E-state index contributed by atoms with van der Waals surface area (Å²) in [6, 6.07) is 19.6. The first-order chi connectivity index (χ1) is 14.1. The Morgan fingerprint density at radius 1 is 1.00 bits per heavy atom. The summed E-state index contributed by atoms with van der Waals surface area (Å²) in [6.07, 6.45) is 0. The standard InChI is InChI=1S/C22H16ClN3O3/c1-29-19-11-10-15(23)12-18(19)24-21-17-5-3-2-4-16(17)20(25-26-21)13-6-8-14(9-7-13)22(27)28/h2-12H,1H3,(H,24,26)(H,27,28). The van der Waals surface area contributed by atoms with Gasteiger partial charge in [0, 0.05) is 21.4 Å². The van der Waals surface area contributed by atoms with Crippen molar-refractivity contribution in [2.75, 3.05) is 12.4 Å². The molecule has 0 spiro atoms. The molecule has 0 atom stereocenters. The molecule has 1 aromatic heterocycles. The summed E-state index contributed by atoms with van der Waals surface area (Å²) in [7, 11) is 1.59. The molecule has 3 aromatic carbocycles. The first-order valence-corrected chi connectivity index (χ1v) is 9.14. The zero-order chi connectivity index (χ0) is 20.4. The third-order valence-corrected chi connectivity index (χ3v) is 4.74. The van der Waals surface area contributed by atoms with Gasteiger partial charge in [0.25, 0.3) is 0 Å². The van der Waals surface area contributed by atoms with Gasteiger partial charge in [-0.1, -0.05) is 48.0 Å². The van der Waals surface area contributed by atoms with Crippen molar-refractivity contribution >= 4 is 39.8 Å². The van der Waals surface area contributed by atoms with E-state index in [9.17, 15) is 4.79 Å². The summed E-state index contributed by atoms with van der Waals surface area (Å²) in [5, 5.41) is 23.4. The van der Waals surface area contributed by atoms with Crippen LogP contribution in [0.4, 0.5) is 11.5 Å². The second kappa shape index (κ2) is 7.77. The third-order valence-electron chi connectivity index (χ3n) is 4.51. The van der Waals surface area contributed by atoms with Crippen LogP contribution in [0.2, 0.25) is 5.02 Å². The smallest absolute Gasteiger partial charge is 0.335 e. The molecule has 29 heavy (non-hydrogen) atoms. The van der Waals surface area contributed by atoms with Crippen molar-refractivity contribution in [1.29, 1.82) is 0 Å². The number of nitrogens with one attached hydrogen (secondary N) is 1. The third kappa shape index (κ3) is 3.70. The van der Waals surface area contributed by atoms with Crippen LogP contribution in [0.15, 0.2) is 66.7 Å². The maximum Gasteiger partial charge on any atom is 0.335 e. The Morgan fingerprint density at radius 2 is 1.72 bits per heavy atom. The molecule has 7 heteroatoms. The number of anilines is 2. The quantitative estimate of drug-likeness (QED) is 0.462. The zero-order valence-electron chi connectivity index (χ0n) is 15.4. The number of carbonyl (C=O) groups is 1. The van der Waals surface area contributed by atoms with E-state index >= 15 is 0 Å². The lowest BCUT2D eigenvalue weighted by Crippen LogP contribution is -2.01. The van der Waals surface area contributed by atoms with E-state index in [0.29, 0.717) is 28.0 Å². The molecular formula is C22H16ClN3O3. The lowest BCUT2D eigenvalue weighted by molar-refractivity contribution is 0.0697. The molecular weight excluding hydrogens is 390 g/mol. The Morgan fingerprint density at radius 3 is 2.41 bits per heavy atom. The van der Waals surface area contributed by atoms with Crippen LogP contribution in [-0.2, 0) is 0 Å². The summed E-state index contributed by atoms with van der Waals surface area (Å²) < 4.78 is 5.39. The number of ether oxygens (including phenoxy) is 1. The number of aromatic carboxylic acids is 1. The largest absolute Gasteiger partial charge is 0.495 e. The molecule has 0 fully saturated rings. The number of aromatic nitrogens is 2. The van der Waals surface area contributed by atoms with Gasteiger partial charge in [0.05, 0.1) is 18.4 Å². The van der Waals surface area contributed by atoms with E-state index in [0.717, 1.165) is 16.3 Å². The molecule has 0 saturated carbocycles. The van der Waals surface area contributed by atoms with Gasteiger partial charge in [-0.3, -0.25) is 0 Å². The van der Waals surface area contributed by atoms with Crippen LogP contribution in [0.5, 0.6) is 5.75 Å². The number of carboxylic acids is 1.